The van der Waals surface area contributed by atoms with Gasteiger partial charge < -0.3 is 20.1 Å². The average molecular weight is 516 g/mol. The topological polar surface area (TPSA) is 79.9 Å². The predicted molar refractivity (Wildman–Crippen MR) is 150 cm³/mol. The highest BCUT2D eigenvalue weighted by molar-refractivity contribution is 6.09. The zero-order valence-electron chi connectivity index (χ0n) is 22.9. The van der Waals surface area contributed by atoms with Gasteiger partial charge in [-0.1, -0.05) is 45.0 Å². The fourth-order valence-corrected chi connectivity index (χ4v) is 4.66. The summed E-state index contributed by atoms with van der Waals surface area (Å²) in [6.45, 7) is 9.30. The Morgan fingerprint density at radius 2 is 1.55 bits per heavy atom. The van der Waals surface area contributed by atoms with Gasteiger partial charge in [-0.3, -0.25) is 14.5 Å². The number of benzene rings is 3. The van der Waals surface area contributed by atoms with Crippen molar-refractivity contribution in [2.45, 2.75) is 39.2 Å². The summed E-state index contributed by atoms with van der Waals surface area (Å²) < 4.78 is 10.9. The Labute approximate surface area is 225 Å². The summed E-state index contributed by atoms with van der Waals surface area (Å²) in [5.41, 5.74) is 5.12. The van der Waals surface area contributed by atoms with E-state index in [2.05, 4.69) is 42.4 Å². The molecule has 0 radical (unpaired) electrons. The highest BCUT2D eigenvalue weighted by Gasteiger charge is 2.20. The molecule has 3 aromatic rings. The van der Waals surface area contributed by atoms with Gasteiger partial charge in [-0.25, -0.2) is 0 Å². The van der Waals surface area contributed by atoms with Gasteiger partial charge in [0.15, 0.2) is 11.5 Å². The van der Waals surface area contributed by atoms with E-state index >= 15 is 0 Å². The van der Waals surface area contributed by atoms with Gasteiger partial charge in [0.25, 0.3) is 11.8 Å². The zero-order chi connectivity index (χ0) is 27.3. The molecule has 0 saturated heterocycles. The van der Waals surface area contributed by atoms with E-state index in [1.807, 2.05) is 36.4 Å². The van der Waals surface area contributed by atoms with Gasteiger partial charge in [-0.2, -0.15) is 0 Å². The molecular weight excluding hydrogens is 478 g/mol. The molecule has 0 unspecified atom stereocenters. The number of methoxy groups -OCH3 is 2. The largest absolute Gasteiger partial charge is 0.493 e. The smallest absolute Gasteiger partial charge is 0.255 e. The Hall–Kier alpha value is -3.84. The molecule has 7 heteroatoms. The molecule has 1 heterocycles. The van der Waals surface area contributed by atoms with Crippen molar-refractivity contribution in [1.29, 1.82) is 0 Å². The lowest BCUT2D eigenvalue weighted by Gasteiger charge is -2.29. The number of hydrogen-bond donors (Lipinski definition) is 2. The van der Waals surface area contributed by atoms with Gasteiger partial charge in [0.1, 0.15) is 0 Å². The van der Waals surface area contributed by atoms with E-state index in [0.717, 1.165) is 36.6 Å². The van der Waals surface area contributed by atoms with Gasteiger partial charge >= 0.3 is 0 Å². The Kier molecular flexibility index (Phi) is 8.37. The summed E-state index contributed by atoms with van der Waals surface area (Å²) in [4.78, 5) is 28.2. The molecule has 38 heavy (non-hydrogen) atoms. The maximum absolute atomic E-state index is 13.0. The van der Waals surface area contributed by atoms with Crippen LogP contribution in [0.1, 0.15) is 58.2 Å². The van der Waals surface area contributed by atoms with E-state index in [4.69, 9.17) is 9.47 Å². The van der Waals surface area contributed by atoms with Crippen molar-refractivity contribution in [1.82, 2.24) is 10.2 Å². The normalized spacial score (nSPS) is 13.4. The number of hydrogen-bond acceptors (Lipinski definition) is 5. The monoisotopic (exact) mass is 515 g/mol. The van der Waals surface area contributed by atoms with Crippen LogP contribution in [-0.2, 0) is 18.4 Å². The minimum atomic E-state index is -0.246. The van der Waals surface area contributed by atoms with Crippen molar-refractivity contribution in [3.63, 3.8) is 0 Å². The van der Waals surface area contributed by atoms with Crippen molar-refractivity contribution in [3.8, 4) is 11.5 Å². The van der Waals surface area contributed by atoms with Gasteiger partial charge in [0, 0.05) is 31.7 Å². The first-order valence-corrected chi connectivity index (χ1v) is 12.9. The van der Waals surface area contributed by atoms with Crippen molar-refractivity contribution in [2.75, 3.05) is 39.2 Å². The minimum absolute atomic E-state index is 0.0116. The molecule has 0 atom stereocenters. The van der Waals surface area contributed by atoms with E-state index in [1.54, 1.807) is 32.4 Å². The molecule has 3 aromatic carbocycles. The van der Waals surface area contributed by atoms with Crippen LogP contribution >= 0.6 is 0 Å². The number of carbonyl (C=O) groups is 2. The van der Waals surface area contributed by atoms with Crippen molar-refractivity contribution in [3.05, 3.63) is 88.5 Å². The summed E-state index contributed by atoms with van der Waals surface area (Å²) in [5, 5.41) is 5.92. The van der Waals surface area contributed by atoms with E-state index in [9.17, 15) is 9.59 Å². The summed E-state index contributed by atoms with van der Waals surface area (Å²) in [6, 6.07) is 18.8. The molecule has 1 aliphatic rings. The first-order chi connectivity index (χ1) is 18.2. The second kappa shape index (κ2) is 11.7. The molecule has 0 fully saturated rings. The highest BCUT2D eigenvalue weighted by Crippen LogP contribution is 2.33. The third-order valence-electron chi connectivity index (χ3n) is 6.94. The van der Waals surface area contributed by atoms with Crippen LogP contribution in [0.5, 0.6) is 11.5 Å². The summed E-state index contributed by atoms with van der Waals surface area (Å²) in [7, 11) is 3.29. The molecule has 1 aliphatic heterocycles. The van der Waals surface area contributed by atoms with Crippen LogP contribution in [0.2, 0.25) is 0 Å². The Morgan fingerprint density at radius 3 is 2.21 bits per heavy atom. The third kappa shape index (κ3) is 6.34. The lowest BCUT2D eigenvalue weighted by Crippen LogP contribution is -2.38. The van der Waals surface area contributed by atoms with Crippen LogP contribution in [-0.4, -0.2) is 50.6 Å². The average Bonchev–Trinajstić information content (AvgIpc) is 2.92. The van der Waals surface area contributed by atoms with E-state index < -0.39 is 0 Å². The molecule has 2 N–H and O–H groups in total. The molecule has 200 valence electrons. The predicted octanol–water partition coefficient (Wildman–Crippen LogP) is 5.04. The fraction of sp³-hybridized carbons (Fsp3) is 0.355. The number of rotatable bonds is 8. The second-order valence-corrected chi connectivity index (χ2v) is 10.6. The van der Waals surface area contributed by atoms with Crippen LogP contribution in [0, 0.1) is 0 Å². The number of nitrogens with zero attached hydrogens (tertiary/aromatic N) is 1. The van der Waals surface area contributed by atoms with Gasteiger partial charge in [0.2, 0.25) is 0 Å². The molecule has 0 aromatic heterocycles. The van der Waals surface area contributed by atoms with E-state index in [1.165, 1.54) is 11.1 Å². The Bertz CT molecular complexity index is 1300. The second-order valence-electron chi connectivity index (χ2n) is 10.6. The SMILES string of the molecule is COc1cc2c(cc1OC)CN(CCNC(=O)c1ccccc1NC(=O)c1ccc(C(C)(C)C)cc1)CC2. The van der Waals surface area contributed by atoms with Crippen molar-refractivity contribution in [2.24, 2.45) is 0 Å². The number of fused-ring (bicyclic) bond motifs is 1. The molecule has 0 saturated carbocycles. The van der Waals surface area contributed by atoms with Gasteiger partial charge in [0.05, 0.1) is 25.5 Å². The van der Waals surface area contributed by atoms with Crippen LogP contribution in [0.15, 0.2) is 60.7 Å². The molecular formula is C31H37N3O4. The van der Waals surface area contributed by atoms with Crippen LogP contribution < -0.4 is 20.1 Å². The maximum atomic E-state index is 13.0. The number of ether oxygens (including phenoxy) is 2. The number of carbonyl (C=O) groups excluding carboxylic acids is 2. The Morgan fingerprint density at radius 1 is 0.895 bits per heavy atom. The maximum Gasteiger partial charge on any atom is 0.255 e. The third-order valence-corrected chi connectivity index (χ3v) is 6.94. The van der Waals surface area contributed by atoms with Crippen LogP contribution in [0.25, 0.3) is 0 Å². The van der Waals surface area contributed by atoms with Crippen molar-refractivity contribution < 1.29 is 19.1 Å². The molecule has 0 aliphatic carbocycles. The van der Waals surface area contributed by atoms with E-state index in [0.29, 0.717) is 29.9 Å². The summed E-state index contributed by atoms with van der Waals surface area (Å²) in [5.74, 6) is 1.02. The van der Waals surface area contributed by atoms with Gasteiger partial charge in [-0.05, 0) is 64.9 Å². The quantitative estimate of drug-likeness (QED) is 0.439. The fourth-order valence-electron chi connectivity index (χ4n) is 4.66. The van der Waals surface area contributed by atoms with Gasteiger partial charge in [-0.15, -0.1) is 0 Å². The number of anilines is 1. The molecule has 2 amide bonds. The van der Waals surface area contributed by atoms with E-state index in [-0.39, 0.29) is 17.2 Å². The first kappa shape index (κ1) is 27.2. The highest BCUT2D eigenvalue weighted by atomic mass is 16.5. The number of para-hydroxylation sites is 1. The lowest BCUT2D eigenvalue weighted by molar-refractivity contribution is 0.0948. The van der Waals surface area contributed by atoms with Crippen LogP contribution in [0.4, 0.5) is 5.69 Å². The molecule has 0 spiro atoms. The standard InChI is InChI=1S/C31H37N3O4/c1-31(2,3)24-12-10-21(11-13-24)29(35)33-26-9-7-6-8-25(26)30(36)32-15-17-34-16-14-22-18-27(37-4)28(38-5)19-23(22)20-34/h6-13,18-19H,14-17,20H2,1-5H3,(H,32,36)(H,33,35). The number of nitrogens with one attached hydrogen (secondary N) is 2. The zero-order valence-corrected chi connectivity index (χ0v) is 22.9. The minimum Gasteiger partial charge on any atom is -0.493 e. The molecule has 0 bridgehead atoms. The summed E-state index contributed by atoms with van der Waals surface area (Å²) >= 11 is 0. The molecule has 7 nitrogen and oxygen atoms in total. The first-order valence-electron chi connectivity index (χ1n) is 12.9. The summed E-state index contributed by atoms with van der Waals surface area (Å²) in [6.07, 6.45) is 0.912. The van der Waals surface area contributed by atoms with Crippen LogP contribution in [0.3, 0.4) is 0 Å². The lowest BCUT2D eigenvalue weighted by atomic mass is 9.86. The molecule has 4 rings (SSSR count). The number of amides is 2. The Balaban J connectivity index is 1.34. The van der Waals surface area contributed by atoms with Crippen molar-refractivity contribution >= 4 is 17.5 Å².